The van der Waals surface area contributed by atoms with Crippen LogP contribution in [0.25, 0.3) is 11.2 Å². The van der Waals surface area contributed by atoms with Crippen molar-refractivity contribution in [3.63, 3.8) is 0 Å². The van der Waals surface area contributed by atoms with E-state index < -0.39 is 5.60 Å². The van der Waals surface area contributed by atoms with Crippen LogP contribution in [0.4, 0.5) is 5.82 Å². The molecule has 0 spiro atoms. The number of nitrogen functional groups attached to an aromatic ring is 1. The van der Waals surface area contributed by atoms with Gasteiger partial charge in [-0.15, -0.1) is 0 Å². The van der Waals surface area contributed by atoms with Crippen molar-refractivity contribution >= 4 is 17.0 Å². The SMILES string of the molecule is C[C@@]1(O)[C@@H](CO)C[C@H]1n1cnc2c(N)ncnc21. The van der Waals surface area contributed by atoms with Gasteiger partial charge in [-0.1, -0.05) is 0 Å². The minimum absolute atomic E-state index is 0.0206. The maximum Gasteiger partial charge on any atom is 0.165 e. The zero-order chi connectivity index (χ0) is 12.9. The third kappa shape index (κ3) is 1.34. The molecule has 96 valence electrons. The maximum atomic E-state index is 10.4. The molecule has 0 amide bonds. The molecule has 1 fully saturated rings. The quantitative estimate of drug-likeness (QED) is 0.674. The van der Waals surface area contributed by atoms with Crippen molar-refractivity contribution < 1.29 is 10.2 Å². The second-order valence-electron chi connectivity index (χ2n) is 4.94. The number of aliphatic hydroxyl groups excluding tert-OH is 1. The van der Waals surface area contributed by atoms with Crippen molar-refractivity contribution in [3.8, 4) is 0 Å². The molecule has 3 atom stereocenters. The van der Waals surface area contributed by atoms with Gasteiger partial charge in [-0.05, 0) is 13.3 Å². The predicted octanol–water partition coefficient (Wildman–Crippen LogP) is -0.287. The van der Waals surface area contributed by atoms with Crippen molar-refractivity contribution in [2.24, 2.45) is 5.92 Å². The van der Waals surface area contributed by atoms with E-state index in [4.69, 9.17) is 10.8 Å². The molecule has 3 rings (SSSR count). The van der Waals surface area contributed by atoms with Gasteiger partial charge in [-0.2, -0.15) is 0 Å². The van der Waals surface area contributed by atoms with E-state index in [2.05, 4.69) is 15.0 Å². The molecule has 2 aromatic heterocycles. The van der Waals surface area contributed by atoms with Crippen LogP contribution in [0, 0.1) is 5.92 Å². The normalized spacial score (nSPS) is 31.5. The van der Waals surface area contributed by atoms with Crippen LogP contribution in [-0.4, -0.2) is 41.9 Å². The zero-order valence-electron chi connectivity index (χ0n) is 9.98. The Hall–Kier alpha value is -1.73. The Labute approximate surface area is 103 Å². The number of imidazole rings is 1. The highest BCUT2D eigenvalue weighted by Gasteiger charge is 2.51. The molecule has 7 nitrogen and oxygen atoms in total. The first-order chi connectivity index (χ1) is 8.55. The summed E-state index contributed by atoms with van der Waals surface area (Å²) >= 11 is 0. The van der Waals surface area contributed by atoms with E-state index in [9.17, 15) is 5.11 Å². The van der Waals surface area contributed by atoms with Gasteiger partial charge in [0, 0.05) is 12.5 Å². The largest absolute Gasteiger partial charge is 0.396 e. The van der Waals surface area contributed by atoms with Gasteiger partial charge in [-0.25, -0.2) is 15.0 Å². The van der Waals surface area contributed by atoms with E-state index in [0.717, 1.165) is 0 Å². The number of aliphatic hydroxyl groups is 2. The van der Waals surface area contributed by atoms with Crippen LogP contribution in [-0.2, 0) is 0 Å². The molecule has 7 heteroatoms. The molecular weight excluding hydrogens is 234 g/mol. The molecule has 0 aromatic carbocycles. The molecule has 1 aliphatic carbocycles. The van der Waals surface area contributed by atoms with Crippen molar-refractivity contribution in [3.05, 3.63) is 12.7 Å². The highest BCUT2D eigenvalue weighted by molar-refractivity contribution is 5.81. The van der Waals surface area contributed by atoms with Crippen molar-refractivity contribution in [1.82, 2.24) is 19.5 Å². The molecule has 0 bridgehead atoms. The molecule has 2 aromatic rings. The van der Waals surface area contributed by atoms with E-state index in [1.807, 2.05) is 0 Å². The lowest BCUT2D eigenvalue weighted by Crippen LogP contribution is -2.55. The van der Waals surface area contributed by atoms with Gasteiger partial charge in [0.1, 0.15) is 11.8 Å². The van der Waals surface area contributed by atoms with E-state index in [1.165, 1.54) is 6.33 Å². The number of hydrogen-bond donors (Lipinski definition) is 3. The summed E-state index contributed by atoms with van der Waals surface area (Å²) in [6, 6.07) is -0.144. The highest BCUT2D eigenvalue weighted by atomic mass is 16.3. The van der Waals surface area contributed by atoms with Crippen molar-refractivity contribution in [2.45, 2.75) is 25.0 Å². The summed E-state index contributed by atoms with van der Waals surface area (Å²) in [5, 5.41) is 19.5. The Kier molecular flexibility index (Phi) is 2.29. The molecule has 1 saturated carbocycles. The monoisotopic (exact) mass is 249 g/mol. The molecule has 18 heavy (non-hydrogen) atoms. The maximum absolute atomic E-state index is 10.4. The first-order valence-electron chi connectivity index (χ1n) is 5.82. The topological polar surface area (TPSA) is 110 Å². The lowest BCUT2D eigenvalue weighted by molar-refractivity contribution is -0.141. The second-order valence-corrected chi connectivity index (χ2v) is 4.94. The molecule has 0 saturated heterocycles. The lowest BCUT2D eigenvalue weighted by Gasteiger charge is -2.50. The van der Waals surface area contributed by atoms with Gasteiger partial charge in [0.2, 0.25) is 0 Å². The minimum atomic E-state index is -0.956. The first kappa shape index (κ1) is 11.4. The van der Waals surface area contributed by atoms with Crippen molar-refractivity contribution in [2.75, 3.05) is 12.3 Å². The van der Waals surface area contributed by atoms with Gasteiger partial charge < -0.3 is 20.5 Å². The Morgan fingerprint density at radius 3 is 2.94 bits per heavy atom. The number of nitrogens with two attached hydrogens (primary N) is 1. The van der Waals surface area contributed by atoms with Crippen LogP contribution >= 0.6 is 0 Å². The molecule has 1 aliphatic rings. The van der Waals surface area contributed by atoms with Crippen LogP contribution in [0.15, 0.2) is 12.7 Å². The summed E-state index contributed by atoms with van der Waals surface area (Å²) in [4.78, 5) is 12.2. The van der Waals surface area contributed by atoms with E-state index >= 15 is 0 Å². The Balaban J connectivity index is 2.04. The van der Waals surface area contributed by atoms with Gasteiger partial charge in [-0.3, -0.25) is 0 Å². The van der Waals surface area contributed by atoms with Crippen LogP contribution in [0.2, 0.25) is 0 Å². The fraction of sp³-hybridized carbons (Fsp3) is 0.545. The highest BCUT2D eigenvalue weighted by Crippen LogP contribution is 2.47. The summed E-state index contributed by atoms with van der Waals surface area (Å²) in [5.41, 5.74) is 5.92. The third-order valence-electron chi connectivity index (χ3n) is 3.95. The number of fused-ring (bicyclic) bond motifs is 1. The number of nitrogens with zero attached hydrogens (tertiary/aromatic N) is 4. The molecule has 0 radical (unpaired) electrons. The van der Waals surface area contributed by atoms with Crippen LogP contribution in [0.5, 0.6) is 0 Å². The van der Waals surface area contributed by atoms with Gasteiger partial charge in [0.15, 0.2) is 11.5 Å². The fourth-order valence-electron chi connectivity index (χ4n) is 2.61. The summed E-state index contributed by atoms with van der Waals surface area (Å²) < 4.78 is 1.81. The smallest absolute Gasteiger partial charge is 0.165 e. The predicted molar refractivity (Wildman–Crippen MR) is 64.6 cm³/mol. The molecular formula is C11H15N5O2. The second kappa shape index (κ2) is 3.63. The number of hydrogen-bond acceptors (Lipinski definition) is 6. The summed E-state index contributed by atoms with van der Waals surface area (Å²) in [7, 11) is 0. The first-order valence-corrected chi connectivity index (χ1v) is 5.82. The number of aromatic nitrogens is 4. The average Bonchev–Trinajstić information content (AvgIpc) is 2.74. The molecule has 2 heterocycles. The van der Waals surface area contributed by atoms with Crippen LogP contribution < -0.4 is 5.73 Å². The third-order valence-corrected chi connectivity index (χ3v) is 3.95. The van der Waals surface area contributed by atoms with Gasteiger partial charge in [0.25, 0.3) is 0 Å². The average molecular weight is 249 g/mol. The molecule has 0 aliphatic heterocycles. The zero-order valence-corrected chi connectivity index (χ0v) is 9.98. The van der Waals surface area contributed by atoms with E-state index in [0.29, 0.717) is 23.4 Å². The Bertz CT molecular complexity index is 594. The minimum Gasteiger partial charge on any atom is -0.396 e. The Morgan fingerprint density at radius 2 is 2.28 bits per heavy atom. The van der Waals surface area contributed by atoms with Crippen LogP contribution in [0.3, 0.4) is 0 Å². The molecule has 0 unspecified atom stereocenters. The molecule has 4 N–H and O–H groups in total. The van der Waals surface area contributed by atoms with E-state index in [-0.39, 0.29) is 18.6 Å². The Morgan fingerprint density at radius 1 is 1.50 bits per heavy atom. The summed E-state index contributed by atoms with van der Waals surface area (Å²) in [6.45, 7) is 1.70. The van der Waals surface area contributed by atoms with E-state index in [1.54, 1.807) is 17.8 Å². The van der Waals surface area contributed by atoms with Gasteiger partial charge in [0.05, 0.1) is 18.0 Å². The van der Waals surface area contributed by atoms with Crippen molar-refractivity contribution in [1.29, 1.82) is 0 Å². The summed E-state index contributed by atoms with van der Waals surface area (Å²) in [5.74, 6) is 0.218. The number of anilines is 1. The lowest BCUT2D eigenvalue weighted by atomic mass is 9.66. The standard InChI is InChI=1S/C11H15N5O2/c1-11(18)6(3-17)2-7(11)16-5-15-8-9(12)13-4-14-10(8)16/h4-7,17-18H,2-3H2,1H3,(H2,12,13,14)/t6-,7-,11-/m1/s1. The fourth-order valence-corrected chi connectivity index (χ4v) is 2.61. The van der Waals surface area contributed by atoms with Crippen LogP contribution in [0.1, 0.15) is 19.4 Å². The summed E-state index contributed by atoms with van der Waals surface area (Å²) in [6.07, 6.45) is 3.69. The van der Waals surface area contributed by atoms with Gasteiger partial charge >= 0.3 is 0 Å². The number of rotatable bonds is 2.